The summed E-state index contributed by atoms with van der Waals surface area (Å²) in [6.45, 7) is 0. The smallest absolute Gasteiger partial charge is 0.175 e. The lowest BCUT2D eigenvalue weighted by Gasteiger charge is -2.10. The van der Waals surface area contributed by atoms with Gasteiger partial charge >= 0.3 is 0 Å². The van der Waals surface area contributed by atoms with Gasteiger partial charge in [0.05, 0.1) is 15.6 Å². The van der Waals surface area contributed by atoms with Gasteiger partial charge in [0.1, 0.15) is 11.4 Å². The Hall–Kier alpha value is -2.93. The molecule has 1 aliphatic carbocycles. The molecule has 0 amide bonds. The van der Waals surface area contributed by atoms with Crippen LogP contribution in [0.3, 0.4) is 0 Å². The van der Waals surface area contributed by atoms with Crippen LogP contribution in [0, 0.1) is 0 Å². The Labute approximate surface area is 191 Å². The van der Waals surface area contributed by atoms with E-state index in [1.807, 2.05) is 65.4 Å². The standard InChI is InChI=1S/C25H21ClN2O3S/c1-32(30,31)20-6-4-5-18(15-20)17-9-11-19(12-10-17)28-16-23(25(29)13-14-25)27-24(28)21-7-2-3-8-22(21)26/h2-12,15-16,29H,13-14H2,1H3. The number of aromatic nitrogens is 2. The monoisotopic (exact) mass is 464 g/mol. The van der Waals surface area contributed by atoms with Crippen LogP contribution >= 0.6 is 11.6 Å². The summed E-state index contributed by atoms with van der Waals surface area (Å²) in [5, 5.41) is 11.2. The number of hydrogen-bond acceptors (Lipinski definition) is 4. The molecule has 1 heterocycles. The normalized spacial score (nSPS) is 15.0. The molecule has 1 N–H and O–H groups in total. The first-order chi connectivity index (χ1) is 15.2. The van der Waals surface area contributed by atoms with E-state index < -0.39 is 15.4 Å². The van der Waals surface area contributed by atoms with Crippen molar-refractivity contribution in [1.29, 1.82) is 0 Å². The Morgan fingerprint density at radius 2 is 1.69 bits per heavy atom. The summed E-state index contributed by atoms with van der Waals surface area (Å²) >= 11 is 6.45. The number of halogens is 1. The zero-order valence-corrected chi connectivity index (χ0v) is 18.9. The van der Waals surface area contributed by atoms with E-state index in [0.29, 0.717) is 29.4 Å². The fourth-order valence-electron chi connectivity index (χ4n) is 3.73. The Bertz CT molecular complexity index is 1420. The summed E-state index contributed by atoms with van der Waals surface area (Å²) in [6.07, 6.45) is 4.46. The molecule has 0 bridgehead atoms. The van der Waals surface area contributed by atoms with Crippen LogP contribution in [0.25, 0.3) is 28.2 Å². The lowest BCUT2D eigenvalue weighted by Crippen LogP contribution is -2.04. The molecular formula is C25H21ClN2O3S. The molecule has 3 aromatic carbocycles. The molecule has 0 radical (unpaired) electrons. The molecule has 1 fully saturated rings. The SMILES string of the molecule is CS(=O)(=O)c1cccc(-c2ccc(-n3cc(C4(O)CC4)nc3-c3ccccc3Cl)cc2)c1. The van der Waals surface area contributed by atoms with Gasteiger partial charge in [-0.05, 0) is 60.4 Å². The highest BCUT2D eigenvalue weighted by molar-refractivity contribution is 7.90. The van der Waals surface area contributed by atoms with Gasteiger partial charge in [0.2, 0.25) is 0 Å². The van der Waals surface area contributed by atoms with Gasteiger partial charge < -0.3 is 5.11 Å². The van der Waals surface area contributed by atoms with Gasteiger partial charge in [0.25, 0.3) is 0 Å². The van der Waals surface area contributed by atoms with Crippen LogP contribution in [-0.4, -0.2) is 29.3 Å². The van der Waals surface area contributed by atoms with E-state index in [4.69, 9.17) is 16.6 Å². The molecule has 1 aliphatic rings. The number of aliphatic hydroxyl groups is 1. The van der Waals surface area contributed by atoms with E-state index in [1.54, 1.807) is 18.2 Å². The van der Waals surface area contributed by atoms with Crippen molar-refractivity contribution in [3.8, 4) is 28.2 Å². The van der Waals surface area contributed by atoms with Gasteiger partial charge in [-0.2, -0.15) is 0 Å². The second-order valence-electron chi connectivity index (χ2n) is 8.18. The molecule has 0 unspecified atom stereocenters. The minimum absolute atomic E-state index is 0.289. The minimum Gasteiger partial charge on any atom is -0.383 e. The predicted molar refractivity (Wildman–Crippen MR) is 126 cm³/mol. The van der Waals surface area contributed by atoms with Crippen molar-refractivity contribution >= 4 is 21.4 Å². The molecular weight excluding hydrogens is 444 g/mol. The third-order valence-electron chi connectivity index (χ3n) is 5.76. The molecule has 4 aromatic rings. The van der Waals surface area contributed by atoms with E-state index in [1.165, 1.54) is 6.26 Å². The van der Waals surface area contributed by atoms with Crippen molar-refractivity contribution in [2.75, 3.05) is 6.26 Å². The van der Waals surface area contributed by atoms with Crippen LogP contribution < -0.4 is 0 Å². The van der Waals surface area contributed by atoms with Crippen molar-refractivity contribution in [2.24, 2.45) is 0 Å². The third-order valence-corrected chi connectivity index (χ3v) is 7.20. The van der Waals surface area contributed by atoms with Crippen LogP contribution in [0.15, 0.2) is 83.9 Å². The van der Waals surface area contributed by atoms with Crippen LogP contribution in [0.5, 0.6) is 0 Å². The fraction of sp³-hybridized carbons (Fsp3) is 0.160. The maximum Gasteiger partial charge on any atom is 0.175 e. The van der Waals surface area contributed by atoms with Crippen LogP contribution in [0.2, 0.25) is 5.02 Å². The van der Waals surface area contributed by atoms with E-state index >= 15 is 0 Å². The zero-order chi connectivity index (χ0) is 22.5. The van der Waals surface area contributed by atoms with E-state index in [0.717, 1.165) is 22.4 Å². The van der Waals surface area contributed by atoms with Gasteiger partial charge in [-0.15, -0.1) is 0 Å². The van der Waals surface area contributed by atoms with E-state index in [2.05, 4.69) is 0 Å². The summed E-state index contributed by atoms with van der Waals surface area (Å²) < 4.78 is 25.7. The molecule has 5 nitrogen and oxygen atoms in total. The summed E-state index contributed by atoms with van der Waals surface area (Å²) in [6, 6.07) is 22.2. The largest absolute Gasteiger partial charge is 0.383 e. The highest BCUT2D eigenvalue weighted by Crippen LogP contribution is 2.46. The first-order valence-electron chi connectivity index (χ1n) is 10.2. The molecule has 32 heavy (non-hydrogen) atoms. The molecule has 0 spiro atoms. The van der Waals surface area contributed by atoms with Crippen molar-refractivity contribution in [3.63, 3.8) is 0 Å². The molecule has 0 aliphatic heterocycles. The Morgan fingerprint density at radius 1 is 0.969 bits per heavy atom. The fourth-order valence-corrected chi connectivity index (χ4v) is 4.62. The number of hydrogen-bond donors (Lipinski definition) is 1. The minimum atomic E-state index is -3.28. The predicted octanol–water partition coefficient (Wildman–Crippen LogP) is 5.24. The van der Waals surface area contributed by atoms with Gasteiger partial charge in [-0.25, -0.2) is 13.4 Å². The van der Waals surface area contributed by atoms with Crippen LogP contribution in [0.1, 0.15) is 18.5 Å². The zero-order valence-electron chi connectivity index (χ0n) is 17.4. The molecule has 1 aromatic heterocycles. The quantitative estimate of drug-likeness (QED) is 0.438. The molecule has 7 heteroatoms. The number of sulfone groups is 1. The molecule has 162 valence electrons. The van der Waals surface area contributed by atoms with Crippen LogP contribution in [-0.2, 0) is 15.4 Å². The lowest BCUT2D eigenvalue weighted by atomic mass is 10.1. The number of nitrogens with zero attached hydrogens (tertiary/aromatic N) is 2. The number of benzene rings is 3. The Balaban J connectivity index is 1.57. The van der Waals surface area contributed by atoms with Crippen molar-refractivity contribution in [3.05, 3.63) is 89.7 Å². The average molecular weight is 465 g/mol. The maximum atomic E-state index is 11.9. The van der Waals surface area contributed by atoms with Crippen molar-refractivity contribution in [2.45, 2.75) is 23.3 Å². The van der Waals surface area contributed by atoms with Gasteiger partial charge in [-0.3, -0.25) is 4.57 Å². The first kappa shape index (κ1) is 20.9. The second kappa shape index (κ2) is 7.59. The topological polar surface area (TPSA) is 72.2 Å². The highest BCUT2D eigenvalue weighted by atomic mass is 35.5. The molecule has 5 rings (SSSR count). The molecule has 0 saturated heterocycles. The number of rotatable bonds is 5. The summed E-state index contributed by atoms with van der Waals surface area (Å²) in [4.78, 5) is 5.02. The average Bonchev–Trinajstić information content (AvgIpc) is 3.37. The maximum absolute atomic E-state index is 11.9. The van der Waals surface area contributed by atoms with Crippen LogP contribution in [0.4, 0.5) is 0 Å². The summed E-state index contributed by atoms with van der Waals surface area (Å²) in [7, 11) is -3.28. The van der Waals surface area contributed by atoms with Gasteiger partial charge in [-0.1, -0.05) is 48.0 Å². The summed E-state index contributed by atoms with van der Waals surface area (Å²) in [5.74, 6) is 0.665. The Kier molecular flexibility index (Phi) is 4.97. The van der Waals surface area contributed by atoms with Gasteiger partial charge in [0, 0.05) is 23.7 Å². The highest BCUT2D eigenvalue weighted by Gasteiger charge is 2.45. The van der Waals surface area contributed by atoms with Crippen molar-refractivity contribution < 1.29 is 13.5 Å². The van der Waals surface area contributed by atoms with E-state index in [-0.39, 0.29) is 4.90 Å². The molecule has 0 atom stereocenters. The summed E-state index contributed by atoms with van der Waals surface area (Å²) in [5.41, 5.74) is 3.15. The lowest BCUT2D eigenvalue weighted by molar-refractivity contribution is 0.147. The third kappa shape index (κ3) is 3.86. The van der Waals surface area contributed by atoms with Crippen molar-refractivity contribution in [1.82, 2.24) is 9.55 Å². The van der Waals surface area contributed by atoms with E-state index in [9.17, 15) is 13.5 Å². The second-order valence-corrected chi connectivity index (χ2v) is 10.6. The Morgan fingerprint density at radius 3 is 2.34 bits per heavy atom. The van der Waals surface area contributed by atoms with Gasteiger partial charge in [0.15, 0.2) is 9.84 Å². The first-order valence-corrected chi connectivity index (χ1v) is 12.5. The number of imidazole rings is 1. The molecule has 1 saturated carbocycles.